The summed E-state index contributed by atoms with van der Waals surface area (Å²) in [6.07, 6.45) is 1.36. The van der Waals surface area contributed by atoms with Gasteiger partial charge in [0.05, 0.1) is 28.6 Å². The fraction of sp³-hybridized carbons (Fsp3) is 0.440. The molecule has 0 saturated heterocycles. The van der Waals surface area contributed by atoms with Gasteiger partial charge in [-0.3, -0.25) is 13.9 Å². The van der Waals surface area contributed by atoms with Crippen molar-refractivity contribution in [3.05, 3.63) is 58.1 Å². The third-order valence-corrected chi connectivity index (χ3v) is 7.15. The minimum Gasteiger partial charge on any atom is -0.494 e. The van der Waals surface area contributed by atoms with Gasteiger partial charge in [-0.15, -0.1) is 0 Å². The highest BCUT2D eigenvalue weighted by Gasteiger charge is 2.32. The summed E-state index contributed by atoms with van der Waals surface area (Å²) >= 11 is 12.2. The number of nitrogens with zero attached hydrogens (tertiary/aromatic N) is 2. The van der Waals surface area contributed by atoms with E-state index in [1.165, 1.54) is 4.90 Å². The molecule has 36 heavy (non-hydrogen) atoms. The molecule has 0 aromatic heterocycles. The van der Waals surface area contributed by atoms with E-state index in [9.17, 15) is 18.0 Å². The van der Waals surface area contributed by atoms with Gasteiger partial charge in [0.15, 0.2) is 0 Å². The molecule has 8 nitrogen and oxygen atoms in total. The number of halogens is 2. The van der Waals surface area contributed by atoms with Crippen molar-refractivity contribution in [2.75, 3.05) is 23.7 Å². The van der Waals surface area contributed by atoms with Gasteiger partial charge in [0.25, 0.3) is 0 Å². The normalized spacial score (nSPS) is 12.2. The van der Waals surface area contributed by atoms with Crippen LogP contribution in [0.2, 0.25) is 10.0 Å². The van der Waals surface area contributed by atoms with Crippen LogP contribution in [0.5, 0.6) is 5.75 Å². The Labute approximate surface area is 223 Å². The molecule has 0 saturated carbocycles. The van der Waals surface area contributed by atoms with Crippen molar-refractivity contribution in [3.63, 3.8) is 0 Å². The van der Waals surface area contributed by atoms with Crippen molar-refractivity contribution >= 4 is 50.7 Å². The van der Waals surface area contributed by atoms with Gasteiger partial charge in [-0.1, -0.05) is 36.2 Å². The van der Waals surface area contributed by atoms with Crippen LogP contribution >= 0.6 is 23.2 Å². The maximum Gasteiger partial charge on any atom is 0.244 e. The first-order valence-electron chi connectivity index (χ1n) is 11.6. The van der Waals surface area contributed by atoms with Gasteiger partial charge in [-0.25, -0.2) is 8.42 Å². The molecule has 11 heteroatoms. The molecule has 0 bridgehead atoms. The lowest BCUT2D eigenvalue weighted by Crippen LogP contribution is -2.53. The number of hydrogen-bond acceptors (Lipinski definition) is 5. The van der Waals surface area contributed by atoms with Gasteiger partial charge < -0.3 is 15.0 Å². The van der Waals surface area contributed by atoms with E-state index >= 15 is 0 Å². The third-order valence-electron chi connectivity index (χ3n) is 5.27. The number of rotatable bonds is 12. The number of sulfonamides is 1. The highest BCUT2D eigenvalue weighted by atomic mass is 35.5. The molecule has 0 aliphatic carbocycles. The lowest BCUT2D eigenvalue weighted by atomic mass is 10.1. The topological polar surface area (TPSA) is 96.0 Å². The maximum atomic E-state index is 13.6. The zero-order valence-electron chi connectivity index (χ0n) is 21.1. The zero-order chi connectivity index (χ0) is 27.0. The average molecular weight is 559 g/mol. The first-order chi connectivity index (χ1) is 16.9. The largest absolute Gasteiger partial charge is 0.494 e. The molecular weight excluding hydrogens is 525 g/mol. The smallest absolute Gasteiger partial charge is 0.244 e. The third kappa shape index (κ3) is 8.28. The van der Waals surface area contributed by atoms with Crippen molar-refractivity contribution in [2.24, 2.45) is 0 Å². The standard InChI is InChI=1S/C25H33Cl2N3O5S/c1-6-23(25(32)28-17(3)4)29(15-18-8-13-21(26)22(27)14-18)24(31)16-30(36(5,33)34)19-9-11-20(12-10-19)35-7-2/h8-14,17,23H,6-7,15-16H2,1-5H3,(H,28,32)/t23-/m1/s1. The number of carbonyl (C=O) groups is 2. The van der Waals surface area contributed by atoms with Gasteiger partial charge in [-0.05, 0) is 69.2 Å². The number of nitrogens with one attached hydrogen (secondary N) is 1. The molecule has 0 spiro atoms. The van der Waals surface area contributed by atoms with Crippen molar-refractivity contribution in [1.82, 2.24) is 10.2 Å². The van der Waals surface area contributed by atoms with E-state index in [1.807, 2.05) is 20.8 Å². The van der Waals surface area contributed by atoms with Gasteiger partial charge in [0, 0.05) is 12.6 Å². The number of hydrogen-bond donors (Lipinski definition) is 1. The molecule has 198 valence electrons. The summed E-state index contributed by atoms with van der Waals surface area (Å²) < 4.78 is 31.8. The van der Waals surface area contributed by atoms with Crippen LogP contribution in [0, 0.1) is 0 Å². The van der Waals surface area contributed by atoms with Gasteiger partial charge >= 0.3 is 0 Å². The molecule has 2 amide bonds. The molecule has 0 radical (unpaired) electrons. The fourth-order valence-corrected chi connectivity index (χ4v) is 4.79. The van der Waals surface area contributed by atoms with Crippen LogP contribution in [0.3, 0.4) is 0 Å². The first-order valence-corrected chi connectivity index (χ1v) is 14.2. The Hall–Kier alpha value is -2.49. The minimum absolute atomic E-state index is 0.0423. The molecule has 2 rings (SSSR count). The minimum atomic E-state index is -3.82. The molecular formula is C25H33Cl2N3O5S. The monoisotopic (exact) mass is 557 g/mol. The van der Waals surface area contributed by atoms with Crippen LogP contribution in [-0.2, 0) is 26.2 Å². The van der Waals surface area contributed by atoms with Crippen molar-refractivity contribution in [3.8, 4) is 5.75 Å². The highest BCUT2D eigenvalue weighted by Crippen LogP contribution is 2.25. The lowest BCUT2D eigenvalue weighted by molar-refractivity contribution is -0.140. The van der Waals surface area contributed by atoms with Crippen LogP contribution in [0.15, 0.2) is 42.5 Å². The molecule has 1 atom stereocenters. The Morgan fingerprint density at radius 3 is 2.17 bits per heavy atom. The molecule has 1 N–H and O–H groups in total. The predicted molar refractivity (Wildman–Crippen MR) is 144 cm³/mol. The van der Waals surface area contributed by atoms with Crippen molar-refractivity contribution in [1.29, 1.82) is 0 Å². The second kappa shape index (κ2) is 13.2. The van der Waals surface area contributed by atoms with Crippen LogP contribution in [0.4, 0.5) is 5.69 Å². The molecule has 0 aliphatic heterocycles. The zero-order valence-corrected chi connectivity index (χ0v) is 23.5. The Bertz CT molecular complexity index is 1160. The van der Waals surface area contributed by atoms with E-state index in [-0.39, 0.29) is 18.5 Å². The summed E-state index contributed by atoms with van der Waals surface area (Å²) in [5.41, 5.74) is 0.962. The molecule has 2 aromatic rings. The van der Waals surface area contributed by atoms with Crippen LogP contribution in [-0.4, -0.2) is 56.6 Å². The molecule has 0 heterocycles. The highest BCUT2D eigenvalue weighted by molar-refractivity contribution is 7.92. The van der Waals surface area contributed by atoms with Crippen LogP contribution in [0.1, 0.15) is 39.7 Å². The Morgan fingerprint density at radius 1 is 1.03 bits per heavy atom. The van der Waals surface area contributed by atoms with E-state index in [1.54, 1.807) is 49.4 Å². The van der Waals surface area contributed by atoms with Crippen molar-refractivity contribution in [2.45, 2.75) is 52.7 Å². The number of benzene rings is 2. The van der Waals surface area contributed by atoms with E-state index in [2.05, 4.69) is 5.32 Å². The summed E-state index contributed by atoms with van der Waals surface area (Å²) in [5.74, 6) is -0.280. The molecule has 0 unspecified atom stereocenters. The quantitative estimate of drug-likeness (QED) is 0.414. The lowest BCUT2D eigenvalue weighted by Gasteiger charge is -2.33. The number of ether oxygens (including phenoxy) is 1. The van der Waals surface area contributed by atoms with Gasteiger partial charge in [-0.2, -0.15) is 0 Å². The van der Waals surface area contributed by atoms with Crippen LogP contribution < -0.4 is 14.4 Å². The maximum absolute atomic E-state index is 13.6. The summed E-state index contributed by atoms with van der Waals surface area (Å²) in [5, 5.41) is 3.52. The fourth-order valence-electron chi connectivity index (χ4n) is 3.62. The number of carbonyl (C=O) groups excluding carboxylic acids is 2. The van der Waals surface area contributed by atoms with E-state index in [4.69, 9.17) is 27.9 Å². The summed E-state index contributed by atoms with van der Waals surface area (Å²) in [4.78, 5) is 28.0. The summed E-state index contributed by atoms with van der Waals surface area (Å²) in [6.45, 7) is 7.31. The molecule has 0 fully saturated rings. The van der Waals surface area contributed by atoms with E-state index in [0.29, 0.717) is 40.1 Å². The van der Waals surface area contributed by atoms with Crippen molar-refractivity contribution < 1.29 is 22.7 Å². The van der Waals surface area contributed by atoms with E-state index in [0.717, 1.165) is 10.6 Å². The van der Waals surface area contributed by atoms with E-state index < -0.39 is 28.5 Å². The Morgan fingerprint density at radius 2 is 1.67 bits per heavy atom. The summed E-state index contributed by atoms with van der Waals surface area (Å²) in [6, 6.07) is 10.4. The second-order valence-corrected chi connectivity index (χ2v) is 11.3. The summed E-state index contributed by atoms with van der Waals surface area (Å²) in [7, 11) is -3.82. The second-order valence-electron chi connectivity index (χ2n) is 8.55. The molecule has 0 aliphatic rings. The Balaban J connectivity index is 2.44. The number of anilines is 1. The Kier molecular flexibility index (Phi) is 10.9. The molecule has 2 aromatic carbocycles. The van der Waals surface area contributed by atoms with Gasteiger partial charge in [0.2, 0.25) is 21.8 Å². The van der Waals surface area contributed by atoms with Crippen LogP contribution in [0.25, 0.3) is 0 Å². The SMILES string of the molecule is CCOc1ccc(N(CC(=O)N(Cc2ccc(Cl)c(Cl)c2)[C@H](CC)C(=O)NC(C)C)S(C)(=O)=O)cc1. The van der Waals surface area contributed by atoms with Gasteiger partial charge in [0.1, 0.15) is 18.3 Å². The first kappa shape index (κ1) is 29.7. The average Bonchev–Trinajstić information content (AvgIpc) is 2.79. The number of amides is 2. The predicted octanol–water partition coefficient (Wildman–Crippen LogP) is 4.49.